The molecule has 0 radical (unpaired) electrons. The average Bonchev–Trinajstić information content (AvgIpc) is 2.41. The molecule has 0 aliphatic carbocycles. The SMILES string of the molecule is CCCN(CCC)S(=O)(=O)c1ccc(C)c(CNC)c1. The Morgan fingerprint density at radius 3 is 2.25 bits per heavy atom. The van der Waals surface area contributed by atoms with Crippen molar-refractivity contribution in [2.45, 2.75) is 45.1 Å². The third kappa shape index (κ3) is 4.04. The van der Waals surface area contributed by atoms with Gasteiger partial charge in [0.1, 0.15) is 0 Å². The van der Waals surface area contributed by atoms with Crippen LogP contribution in [0.2, 0.25) is 0 Å². The first-order chi connectivity index (χ1) is 9.47. The topological polar surface area (TPSA) is 49.4 Å². The van der Waals surface area contributed by atoms with E-state index in [4.69, 9.17) is 0 Å². The molecule has 1 aromatic carbocycles. The summed E-state index contributed by atoms with van der Waals surface area (Å²) >= 11 is 0. The van der Waals surface area contributed by atoms with Crippen molar-refractivity contribution in [2.24, 2.45) is 0 Å². The minimum Gasteiger partial charge on any atom is -0.316 e. The summed E-state index contributed by atoms with van der Waals surface area (Å²) in [4.78, 5) is 0.398. The Hall–Kier alpha value is -0.910. The molecular weight excluding hydrogens is 272 g/mol. The van der Waals surface area contributed by atoms with Crippen molar-refractivity contribution >= 4 is 10.0 Å². The summed E-state index contributed by atoms with van der Waals surface area (Å²) in [6.45, 7) is 7.83. The molecule has 0 spiro atoms. The maximum atomic E-state index is 12.7. The number of nitrogens with one attached hydrogen (secondary N) is 1. The highest BCUT2D eigenvalue weighted by molar-refractivity contribution is 7.89. The van der Waals surface area contributed by atoms with E-state index < -0.39 is 10.0 Å². The lowest BCUT2D eigenvalue weighted by Gasteiger charge is -2.21. The standard InChI is InChI=1S/C15H26N2O2S/c1-5-9-17(10-6-2)20(18,19)15-8-7-13(3)14(11-15)12-16-4/h7-8,11,16H,5-6,9-10,12H2,1-4H3. The monoisotopic (exact) mass is 298 g/mol. The van der Waals surface area contributed by atoms with Crippen LogP contribution in [0.3, 0.4) is 0 Å². The predicted octanol–water partition coefficient (Wildman–Crippen LogP) is 2.53. The summed E-state index contributed by atoms with van der Waals surface area (Å²) in [6, 6.07) is 5.39. The van der Waals surface area contributed by atoms with Crippen LogP contribution in [-0.2, 0) is 16.6 Å². The molecule has 0 atom stereocenters. The molecule has 114 valence electrons. The largest absolute Gasteiger partial charge is 0.316 e. The van der Waals surface area contributed by atoms with Crippen molar-refractivity contribution in [3.8, 4) is 0 Å². The second kappa shape index (κ2) is 7.76. The number of sulfonamides is 1. The van der Waals surface area contributed by atoms with Gasteiger partial charge in [-0.15, -0.1) is 0 Å². The Labute approximate surface area is 123 Å². The maximum Gasteiger partial charge on any atom is 0.243 e. The van der Waals surface area contributed by atoms with E-state index in [-0.39, 0.29) is 0 Å². The minimum atomic E-state index is -3.38. The highest BCUT2D eigenvalue weighted by atomic mass is 32.2. The Bertz CT molecular complexity index is 521. The van der Waals surface area contributed by atoms with Crippen LogP contribution < -0.4 is 5.32 Å². The zero-order valence-electron chi connectivity index (χ0n) is 12.9. The number of hydrogen-bond acceptors (Lipinski definition) is 3. The molecule has 0 aromatic heterocycles. The quantitative estimate of drug-likeness (QED) is 0.802. The molecule has 0 aliphatic rings. The fourth-order valence-corrected chi connectivity index (χ4v) is 3.86. The zero-order chi connectivity index (χ0) is 15.2. The van der Waals surface area contributed by atoms with Crippen LogP contribution >= 0.6 is 0 Å². The van der Waals surface area contributed by atoms with E-state index in [9.17, 15) is 8.42 Å². The van der Waals surface area contributed by atoms with Crippen LogP contribution in [-0.4, -0.2) is 32.9 Å². The first-order valence-electron chi connectivity index (χ1n) is 7.21. The first-order valence-corrected chi connectivity index (χ1v) is 8.65. The molecule has 0 fully saturated rings. The van der Waals surface area contributed by atoms with Crippen LogP contribution in [0.5, 0.6) is 0 Å². The number of nitrogens with zero attached hydrogens (tertiary/aromatic N) is 1. The van der Waals surface area contributed by atoms with Gasteiger partial charge in [-0.2, -0.15) is 4.31 Å². The number of hydrogen-bond donors (Lipinski definition) is 1. The van der Waals surface area contributed by atoms with Gasteiger partial charge in [-0.1, -0.05) is 19.9 Å². The fraction of sp³-hybridized carbons (Fsp3) is 0.600. The van der Waals surface area contributed by atoms with E-state index in [1.54, 1.807) is 16.4 Å². The molecule has 0 saturated heterocycles. The number of benzene rings is 1. The van der Waals surface area contributed by atoms with Gasteiger partial charge in [-0.3, -0.25) is 0 Å². The van der Waals surface area contributed by atoms with Crippen LogP contribution in [0.1, 0.15) is 37.8 Å². The fourth-order valence-electron chi connectivity index (χ4n) is 2.19. The maximum absolute atomic E-state index is 12.7. The van der Waals surface area contributed by atoms with Gasteiger partial charge in [0.2, 0.25) is 10.0 Å². The van der Waals surface area contributed by atoms with Gasteiger partial charge in [-0.25, -0.2) is 8.42 Å². The second-order valence-electron chi connectivity index (χ2n) is 5.02. The lowest BCUT2D eigenvalue weighted by molar-refractivity contribution is 0.410. The molecule has 0 heterocycles. The molecule has 0 saturated carbocycles. The molecule has 1 N–H and O–H groups in total. The third-order valence-electron chi connectivity index (χ3n) is 3.27. The van der Waals surface area contributed by atoms with Crippen molar-refractivity contribution < 1.29 is 8.42 Å². The molecule has 0 unspecified atom stereocenters. The van der Waals surface area contributed by atoms with Crippen LogP contribution in [0.4, 0.5) is 0 Å². The summed E-state index contributed by atoms with van der Waals surface area (Å²) in [6.07, 6.45) is 1.66. The summed E-state index contributed by atoms with van der Waals surface area (Å²) in [7, 11) is -1.52. The highest BCUT2D eigenvalue weighted by Crippen LogP contribution is 2.20. The van der Waals surface area contributed by atoms with Crippen molar-refractivity contribution in [3.63, 3.8) is 0 Å². The summed E-state index contributed by atoms with van der Waals surface area (Å²) in [5.74, 6) is 0. The van der Waals surface area contributed by atoms with Crippen molar-refractivity contribution in [1.29, 1.82) is 0 Å². The van der Waals surface area contributed by atoms with E-state index in [1.807, 2.05) is 33.9 Å². The van der Waals surface area contributed by atoms with Gasteiger partial charge in [0, 0.05) is 19.6 Å². The van der Waals surface area contributed by atoms with Crippen LogP contribution in [0.15, 0.2) is 23.1 Å². The molecule has 0 bridgehead atoms. The Morgan fingerprint density at radius 1 is 1.15 bits per heavy atom. The van der Waals surface area contributed by atoms with Gasteiger partial charge >= 0.3 is 0 Å². The van der Waals surface area contributed by atoms with E-state index in [0.29, 0.717) is 24.5 Å². The van der Waals surface area contributed by atoms with E-state index in [2.05, 4.69) is 5.32 Å². The number of aryl methyl sites for hydroxylation is 1. The molecule has 1 aromatic rings. The van der Waals surface area contributed by atoms with E-state index in [1.165, 1.54) is 0 Å². The Morgan fingerprint density at radius 2 is 1.75 bits per heavy atom. The molecule has 0 aliphatic heterocycles. The minimum absolute atomic E-state index is 0.398. The Balaban J connectivity index is 3.16. The van der Waals surface area contributed by atoms with Crippen molar-refractivity contribution in [1.82, 2.24) is 9.62 Å². The van der Waals surface area contributed by atoms with Gasteiger partial charge in [0.25, 0.3) is 0 Å². The second-order valence-corrected chi connectivity index (χ2v) is 6.96. The lowest BCUT2D eigenvalue weighted by atomic mass is 10.1. The smallest absolute Gasteiger partial charge is 0.243 e. The van der Waals surface area contributed by atoms with Gasteiger partial charge in [-0.05, 0) is 50.1 Å². The van der Waals surface area contributed by atoms with Gasteiger partial charge in [0.15, 0.2) is 0 Å². The summed E-state index contributed by atoms with van der Waals surface area (Å²) in [5.41, 5.74) is 2.14. The lowest BCUT2D eigenvalue weighted by Crippen LogP contribution is -2.32. The van der Waals surface area contributed by atoms with Crippen LogP contribution in [0, 0.1) is 6.92 Å². The third-order valence-corrected chi connectivity index (χ3v) is 5.17. The normalized spacial score (nSPS) is 12.1. The first kappa shape index (κ1) is 17.1. The van der Waals surface area contributed by atoms with Crippen LogP contribution in [0.25, 0.3) is 0 Å². The highest BCUT2D eigenvalue weighted by Gasteiger charge is 2.23. The molecule has 5 heteroatoms. The molecule has 20 heavy (non-hydrogen) atoms. The number of rotatable bonds is 8. The molecule has 0 amide bonds. The zero-order valence-corrected chi connectivity index (χ0v) is 13.8. The molecule has 4 nitrogen and oxygen atoms in total. The van der Waals surface area contributed by atoms with E-state index in [0.717, 1.165) is 24.0 Å². The molecular formula is C15H26N2O2S. The summed E-state index contributed by atoms with van der Waals surface area (Å²) < 4.78 is 27.0. The van der Waals surface area contributed by atoms with Gasteiger partial charge < -0.3 is 5.32 Å². The van der Waals surface area contributed by atoms with Gasteiger partial charge in [0.05, 0.1) is 4.90 Å². The predicted molar refractivity (Wildman–Crippen MR) is 83.3 cm³/mol. The van der Waals surface area contributed by atoms with Crippen molar-refractivity contribution in [3.05, 3.63) is 29.3 Å². The summed E-state index contributed by atoms with van der Waals surface area (Å²) in [5, 5.41) is 3.07. The van der Waals surface area contributed by atoms with Crippen molar-refractivity contribution in [2.75, 3.05) is 20.1 Å². The molecule has 1 rings (SSSR count). The average molecular weight is 298 g/mol. The van der Waals surface area contributed by atoms with E-state index >= 15 is 0 Å². The Kier molecular flexibility index (Phi) is 6.65.